The van der Waals surface area contributed by atoms with Crippen LogP contribution in [0.25, 0.3) is 10.1 Å². The van der Waals surface area contributed by atoms with Crippen molar-refractivity contribution < 1.29 is 9.21 Å². The number of piperazine rings is 1. The van der Waals surface area contributed by atoms with Crippen LogP contribution >= 0.6 is 11.5 Å². The van der Waals surface area contributed by atoms with Crippen LogP contribution in [0.15, 0.2) is 47.1 Å². The van der Waals surface area contributed by atoms with Gasteiger partial charge in [-0.1, -0.05) is 25.0 Å². The number of carbonyl (C=O) groups is 1. The largest absolute Gasteiger partial charge is 0.461 e. The van der Waals surface area contributed by atoms with Gasteiger partial charge in [0.25, 0.3) is 0 Å². The van der Waals surface area contributed by atoms with Crippen LogP contribution in [0, 0.1) is 11.8 Å². The molecule has 5 rings (SSSR count). The number of rotatable bonds is 7. The van der Waals surface area contributed by atoms with E-state index in [2.05, 4.69) is 34.1 Å². The monoisotopic (exact) mass is 437 g/mol. The molecule has 1 saturated carbocycles. The van der Waals surface area contributed by atoms with Crippen LogP contribution in [0.2, 0.25) is 0 Å². The van der Waals surface area contributed by atoms with E-state index in [4.69, 9.17) is 8.79 Å². The second-order valence-electron chi connectivity index (χ2n) is 9.11. The van der Waals surface area contributed by atoms with Crippen molar-refractivity contribution in [3.63, 3.8) is 0 Å². The molecule has 0 radical (unpaired) electrons. The lowest BCUT2D eigenvalue weighted by molar-refractivity contribution is 0.0912. The molecule has 31 heavy (non-hydrogen) atoms. The number of benzene rings is 1. The van der Waals surface area contributed by atoms with E-state index in [1.54, 1.807) is 29.9 Å². The highest BCUT2D eigenvalue weighted by Gasteiger charge is 2.26. The average Bonchev–Trinajstić information content (AvgIpc) is 3.49. The molecule has 2 aliphatic rings. The fourth-order valence-corrected chi connectivity index (χ4v) is 5.97. The minimum atomic E-state index is 0.166. The number of hydrogen-bond donors (Lipinski definition) is 0. The summed E-state index contributed by atoms with van der Waals surface area (Å²) in [5, 5.41) is 1.29. The first-order chi connectivity index (χ1) is 15.3. The highest BCUT2D eigenvalue weighted by molar-refractivity contribution is 7.13. The fraction of sp³-hybridized carbons (Fsp3) is 0.520. The Labute approximate surface area is 188 Å². The van der Waals surface area contributed by atoms with Gasteiger partial charge in [0.05, 0.1) is 11.0 Å². The molecule has 0 spiro atoms. The highest BCUT2D eigenvalue weighted by Crippen LogP contribution is 2.34. The molecule has 6 heteroatoms. The van der Waals surface area contributed by atoms with E-state index < -0.39 is 0 Å². The quantitative estimate of drug-likeness (QED) is 0.458. The summed E-state index contributed by atoms with van der Waals surface area (Å²) in [6, 6.07) is 12.1. The Bertz CT molecular complexity index is 983. The van der Waals surface area contributed by atoms with Gasteiger partial charge in [0.15, 0.2) is 11.5 Å². The third-order valence-electron chi connectivity index (χ3n) is 7.12. The molecule has 3 aromatic rings. The van der Waals surface area contributed by atoms with Gasteiger partial charge >= 0.3 is 0 Å². The van der Waals surface area contributed by atoms with Gasteiger partial charge < -0.3 is 9.32 Å². The molecule has 0 N–H and O–H groups in total. The lowest BCUT2D eigenvalue weighted by Crippen LogP contribution is -2.47. The molecule has 0 bridgehead atoms. The second kappa shape index (κ2) is 9.53. The molecule has 1 aromatic carbocycles. The zero-order chi connectivity index (χ0) is 21.0. The third-order valence-corrected chi connectivity index (χ3v) is 7.94. The van der Waals surface area contributed by atoms with Gasteiger partial charge in [-0.3, -0.25) is 9.69 Å². The number of nitrogens with zero attached hydrogens (tertiary/aromatic N) is 3. The van der Waals surface area contributed by atoms with Gasteiger partial charge in [-0.05, 0) is 73.4 Å². The molecule has 0 amide bonds. The van der Waals surface area contributed by atoms with Gasteiger partial charge in [-0.15, -0.1) is 0 Å². The minimum absolute atomic E-state index is 0.166. The van der Waals surface area contributed by atoms with Crippen molar-refractivity contribution in [3.8, 4) is 0 Å². The Kier molecular flexibility index (Phi) is 6.37. The lowest BCUT2D eigenvalue weighted by atomic mass is 9.78. The Hall–Kier alpha value is -2.18. The number of anilines is 1. The van der Waals surface area contributed by atoms with Gasteiger partial charge in [0.1, 0.15) is 5.82 Å². The second-order valence-corrected chi connectivity index (χ2v) is 9.92. The average molecular weight is 438 g/mol. The van der Waals surface area contributed by atoms with Crippen molar-refractivity contribution in [2.75, 3.05) is 37.6 Å². The number of fused-ring (bicyclic) bond motifs is 1. The summed E-state index contributed by atoms with van der Waals surface area (Å²) in [5.74, 6) is 3.20. The standard InChI is InChI=1S/C25H31N3O2S/c29-22(23-5-3-17-30-23)18-20-9-7-19(8-10-20)11-12-27-13-15-28(16-14-27)25-21-4-1-2-6-24(21)31-26-25/h1-6,17,19-20H,7-16,18H2. The van der Waals surface area contributed by atoms with Crippen molar-refractivity contribution in [2.24, 2.45) is 11.8 Å². The topological polar surface area (TPSA) is 49.6 Å². The predicted octanol–water partition coefficient (Wildman–Crippen LogP) is 5.48. The van der Waals surface area contributed by atoms with Crippen LogP contribution in [-0.4, -0.2) is 47.8 Å². The first-order valence-electron chi connectivity index (χ1n) is 11.6. The summed E-state index contributed by atoms with van der Waals surface area (Å²) >= 11 is 1.61. The molecule has 2 aromatic heterocycles. The van der Waals surface area contributed by atoms with Crippen LogP contribution in [-0.2, 0) is 0 Å². The van der Waals surface area contributed by atoms with Gasteiger partial charge in [-0.2, -0.15) is 4.37 Å². The Morgan fingerprint density at radius 2 is 1.77 bits per heavy atom. The summed E-state index contributed by atoms with van der Waals surface area (Å²) < 4.78 is 11.3. The molecule has 1 saturated heterocycles. The van der Waals surface area contributed by atoms with E-state index in [-0.39, 0.29) is 5.78 Å². The zero-order valence-corrected chi connectivity index (χ0v) is 18.9. The maximum Gasteiger partial charge on any atom is 0.198 e. The number of ketones is 1. The van der Waals surface area contributed by atoms with E-state index in [1.165, 1.54) is 54.6 Å². The van der Waals surface area contributed by atoms with Crippen LogP contribution in [0.1, 0.15) is 49.1 Å². The maximum absolute atomic E-state index is 12.3. The van der Waals surface area contributed by atoms with Crippen molar-refractivity contribution >= 4 is 33.2 Å². The molecule has 0 unspecified atom stereocenters. The molecule has 1 aliphatic heterocycles. The van der Waals surface area contributed by atoms with E-state index in [9.17, 15) is 4.79 Å². The maximum atomic E-state index is 12.3. The predicted molar refractivity (Wildman–Crippen MR) is 126 cm³/mol. The number of hydrogen-bond acceptors (Lipinski definition) is 6. The van der Waals surface area contributed by atoms with Crippen molar-refractivity contribution in [2.45, 2.75) is 38.5 Å². The SMILES string of the molecule is O=C(CC1CCC(CCN2CCN(c3nsc4ccccc34)CC2)CC1)c1ccco1. The molecular formula is C25H31N3O2S. The lowest BCUT2D eigenvalue weighted by Gasteiger charge is -2.36. The summed E-state index contributed by atoms with van der Waals surface area (Å²) in [6.07, 6.45) is 8.42. The summed E-state index contributed by atoms with van der Waals surface area (Å²) in [7, 11) is 0. The summed E-state index contributed by atoms with van der Waals surface area (Å²) in [5.41, 5.74) is 0. The van der Waals surface area contributed by atoms with Crippen LogP contribution in [0.4, 0.5) is 5.82 Å². The van der Waals surface area contributed by atoms with E-state index in [0.29, 0.717) is 18.1 Å². The Balaban J connectivity index is 1.03. The third kappa shape index (κ3) is 4.85. The molecule has 1 aliphatic carbocycles. The smallest absolute Gasteiger partial charge is 0.198 e. The fourth-order valence-electron chi connectivity index (χ4n) is 5.17. The van der Waals surface area contributed by atoms with Crippen LogP contribution in [0.5, 0.6) is 0 Å². The summed E-state index contributed by atoms with van der Waals surface area (Å²) in [4.78, 5) is 17.3. The zero-order valence-electron chi connectivity index (χ0n) is 18.0. The van der Waals surface area contributed by atoms with E-state index in [1.807, 2.05) is 0 Å². The van der Waals surface area contributed by atoms with Crippen molar-refractivity contribution in [3.05, 3.63) is 48.4 Å². The van der Waals surface area contributed by atoms with Gasteiger partial charge in [0.2, 0.25) is 0 Å². The van der Waals surface area contributed by atoms with Crippen LogP contribution in [0.3, 0.4) is 0 Å². The first kappa shape index (κ1) is 20.7. The molecule has 3 heterocycles. The molecule has 164 valence electrons. The number of carbonyl (C=O) groups excluding carboxylic acids is 1. The van der Waals surface area contributed by atoms with Gasteiger partial charge in [0, 0.05) is 38.0 Å². The Morgan fingerprint density at radius 3 is 2.55 bits per heavy atom. The van der Waals surface area contributed by atoms with Crippen molar-refractivity contribution in [1.82, 2.24) is 9.27 Å². The minimum Gasteiger partial charge on any atom is -0.461 e. The molecule has 2 fully saturated rings. The normalized spacial score (nSPS) is 22.8. The number of Topliss-reactive ketones (excluding diaryl/α,β-unsaturated/α-hetero) is 1. The van der Waals surface area contributed by atoms with Gasteiger partial charge in [-0.25, -0.2) is 0 Å². The van der Waals surface area contributed by atoms with Crippen LogP contribution < -0.4 is 4.90 Å². The molecular weight excluding hydrogens is 406 g/mol. The van der Waals surface area contributed by atoms with E-state index >= 15 is 0 Å². The first-order valence-corrected chi connectivity index (χ1v) is 12.4. The number of aromatic nitrogens is 1. The van der Waals surface area contributed by atoms with Crippen molar-refractivity contribution in [1.29, 1.82) is 0 Å². The van der Waals surface area contributed by atoms with E-state index in [0.717, 1.165) is 32.1 Å². The highest BCUT2D eigenvalue weighted by atomic mass is 32.1. The molecule has 0 atom stereocenters. The molecule has 5 nitrogen and oxygen atoms in total. The summed E-state index contributed by atoms with van der Waals surface area (Å²) in [6.45, 7) is 5.58. The number of furan rings is 1. The Morgan fingerprint density at radius 1 is 1.00 bits per heavy atom.